The molecule has 168 valence electrons. The molecule has 0 aliphatic carbocycles. The number of ether oxygens (including phenoxy) is 1. The molecule has 0 unspecified atom stereocenters. The van der Waals surface area contributed by atoms with Crippen molar-refractivity contribution in [3.8, 4) is 0 Å². The van der Waals surface area contributed by atoms with Gasteiger partial charge in [0, 0.05) is 13.0 Å². The number of amides is 1. The zero-order valence-electron chi connectivity index (χ0n) is 18.1. The van der Waals surface area contributed by atoms with E-state index in [0.29, 0.717) is 30.5 Å². The lowest BCUT2D eigenvalue weighted by Gasteiger charge is -2.09. The molecule has 0 radical (unpaired) electrons. The highest BCUT2D eigenvalue weighted by atomic mass is 16.5. The highest BCUT2D eigenvalue weighted by Crippen LogP contribution is 2.08. The van der Waals surface area contributed by atoms with Crippen LogP contribution < -0.4 is 16.4 Å². The molecule has 0 spiro atoms. The molecular formula is C26H25N3O4. The summed E-state index contributed by atoms with van der Waals surface area (Å²) in [5, 5.41) is 6.07. The second-order valence-electron chi connectivity index (χ2n) is 7.76. The van der Waals surface area contributed by atoms with Gasteiger partial charge in [-0.1, -0.05) is 66.7 Å². The minimum Gasteiger partial charge on any atom is -0.372 e. The minimum absolute atomic E-state index is 0.0829. The van der Waals surface area contributed by atoms with Crippen LogP contribution in [0.4, 0.5) is 0 Å². The third-order valence-corrected chi connectivity index (χ3v) is 5.34. The van der Waals surface area contributed by atoms with Crippen molar-refractivity contribution >= 4 is 16.7 Å². The molecule has 0 saturated heterocycles. The molecule has 1 amide bonds. The average Bonchev–Trinajstić information content (AvgIpc) is 2.85. The van der Waals surface area contributed by atoms with Crippen LogP contribution in [0.25, 0.3) is 10.8 Å². The van der Waals surface area contributed by atoms with E-state index in [4.69, 9.17) is 4.74 Å². The predicted molar refractivity (Wildman–Crippen MR) is 127 cm³/mol. The number of rotatable bonds is 9. The number of nitrogens with zero attached hydrogens (tertiary/aromatic N) is 1. The van der Waals surface area contributed by atoms with Gasteiger partial charge in [0.15, 0.2) is 0 Å². The fourth-order valence-corrected chi connectivity index (χ4v) is 3.52. The van der Waals surface area contributed by atoms with E-state index in [1.165, 1.54) is 4.68 Å². The van der Waals surface area contributed by atoms with E-state index < -0.39 is 0 Å². The fraction of sp³-hybridized carbons (Fsp3) is 0.192. The second-order valence-corrected chi connectivity index (χ2v) is 7.76. The van der Waals surface area contributed by atoms with Gasteiger partial charge in [0.05, 0.1) is 30.5 Å². The molecule has 4 rings (SSSR count). The molecule has 4 aromatic rings. The first-order chi connectivity index (χ1) is 16.1. The smallest absolute Gasteiger partial charge is 0.273 e. The summed E-state index contributed by atoms with van der Waals surface area (Å²) in [6, 6.07) is 24.5. The number of fused-ring (bicyclic) bond motifs is 1. The van der Waals surface area contributed by atoms with Gasteiger partial charge in [0.1, 0.15) is 0 Å². The van der Waals surface area contributed by atoms with Gasteiger partial charge in [-0.3, -0.25) is 19.5 Å². The van der Waals surface area contributed by atoms with Crippen LogP contribution in [0.5, 0.6) is 0 Å². The molecule has 0 aliphatic rings. The van der Waals surface area contributed by atoms with Crippen molar-refractivity contribution in [2.45, 2.75) is 32.7 Å². The summed E-state index contributed by atoms with van der Waals surface area (Å²) in [6.07, 6.45) is 0.0829. The maximum atomic E-state index is 12.5. The van der Waals surface area contributed by atoms with Crippen molar-refractivity contribution in [3.05, 3.63) is 116 Å². The second kappa shape index (κ2) is 10.6. The van der Waals surface area contributed by atoms with Crippen LogP contribution in [-0.4, -0.2) is 15.7 Å². The van der Waals surface area contributed by atoms with Gasteiger partial charge in [-0.2, -0.15) is 0 Å². The summed E-state index contributed by atoms with van der Waals surface area (Å²) in [5.41, 5.74) is 2.49. The van der Waals surface area contributed by atoms with Crippen LogP contribution in [0, 0.1) is 0 Å². The number of aromatic nitrogens is 2. The Labute approximate surface area is 190 Å². The molecule has 2 N–H and O–H groups in total. The number of aryl methyl sites for hydroxylation is 1. The van der Waals surface area contributed by atoms with E-state index in [1.807, 2.05) is 54.6 Å². The molecule has 7 nitrogen and oxygen atoms in total. The Morgan fingerprint density at radius 3 is 2.12 bits per heavy atom. The Hall–Kier alpha value is -3.97. The van der Waals surface area contributed by atoms with Gasteiger partial charge >= 0.3 is 0 Å². The Morgan fingerprint density at radius 1 is 0.788 bits per heavy atom. The van der Waals surface area contributed by atoms with Crippen LogP contribution in [0.2, 0.25) is 0 Å². The number of carbonyl (C=O) groups is 1. The van der Waals surface area contributed by atoms with Gasteiger partial charge in [-0.15, -0.1) is 0 Å². The third kappa shape index (κ3) is 5.84. The van der Waals surface area contributed by atoms with E-state index in [1.54, 1.807) is 24.3 Å². The molecule has 0 bridgehead atoms. The summed E-state index contributed by atoms with van der Waals surface area (Å²) >= 11 is 0. The molecule has 0 atom stereocenters. The maximum Gasteiger partial charge on any atom is 0.273 e. The molecule has 1 aromatic heterocycles. The van der Waals surface area contributed by atoms with Gasteiger partial charge in [0.2, 0.25) is 5.91 Å². The minimum atomic E-state index is -0.349. The third-order valence-electron chi connectivity index (χ3n) is 5.34. The number of nitrogens with one attached hydrogen (secondary N) is 2. The standard InChI is InChI=1S/C26H25N3O4/c30-24(14-15-29-26(32)23-9-5-4-8-22(23)25(31)28-29)27-16-19-10-12-21(13-11-19)18-33-17-20-6-2-1-3-7-20/h1-13H,14-18H2,(H,27,30)(H,28,31). The zero-order valence-corrected chi connectivity index (χ0v) is 18.1. The van der Waals surface area contributed by atoms with Crippen LogP contribution in [0.3, 0.4) is 0 Å². The SMILES string of the molecule is O=C(CCn1[nH]c(=O)c2ccccc2c1=O)NCc1ccc(COCc2ccccc2)cc1. The molecule has 7 heteroatoms. The van der Waals surface area contributed by atoms with E-state index in [-0.39, 0.29) is 30.0 Å². The normalized spacial score (nSPS) is 10.9. The summed E-state index contributed by atoms with van der Waals surface area (Å²) in [6.45, 7) is 1.56. The average molecular weight is 444 g/mol. The van der Waals surface area contributed by atoms with Crippen LogP contribution in [-0.2, 0) is 35.8 Å². The van der Waals surface area contributed by atoms with Gasteiger partial charge in [0.25, 0.3) is 11.1 Å². The number of hydrogen-bond donors (Lipinski definition) is 2. The van der Waals surface area contributed by atoms with Crippen LogP contribution in [0.15, 0.2) is 88.5 Å². The van der Waals surface area contributed by atoms with E-state index in [9.17, 15) is 14.4 Å². The first-order valence-corrected chi connectivity index (χ1v) is 10.8. The number of benzene rings is 3. The largest absolute Gasteiger partial charge is 0.372 e. The Balaban J connectivity index is 1.24. The highest BCUT2D eigenvalue weighted by Gasteiger charge is 2.08. The van der Waals surface area contributed by atoms with Crippen molar-refractivity contribution in [3.63, 3.8) is 0 Å². The summed E-state index contributed by atoms with van der Waals surface area (Å²) < 4.78 is 6.93. The topological polar surface area (TPSA) is 93.2 Å². The van der Waals surface area contributed by atoms with Crippen molar-refractivity contribution < 1.29 is 9.53 Å². The van der Waals surface area contributed by atoms with E-state index in [0.717, 1.165) is 16.7 Å². The molecule has 0 saturated carbocycles. The fourth-order valence-electron chi connectivity index (χ4n) is 3.52. The summed E-state index contributed by atoms with van der Waals surface area (Å²) in [5.74, 6) is -0.203. The van der Waals surface area contributed by atoms with E-state index >= 15 is 0 Å². The lowest BCUT2D eigenvalue weighted by molar-refractivity contribution is -0.121. The quantitative estimate of drug-likeness (QED) is 0.416. The molecule has 3 aromatic carbocycles. The van der Waals surface area contributed by atoms with Crippen molar-refractivity contribution in [1.82, 2.24) is 15.1 Å². The Bertz CT molecular complexity index is 1340. The maximum absolute atomic E-state index is 12.5. The monoisotopic (exact) mass is 443 g/mol. The van der Waals surface area contributed by atoms with Gasteiger partial charge in [-0.25, -0.2) is 4.68 Å². The summed E-state index contributed by atoms with van der Waals surface area (Å²) in [4.78, 5) is 36.9. The number of H-pyrrole nitrogens is 1. The van der Waals surface area contributed by atoms with E-state index in [2.05, 4.69) is 10.4 Å². The number of carbonyl (C=O) groups excluding carboxylic acids is 1. The van der Waals surface area contributed by atoms with Gasteiger partial charge < -0.3 is 10.1 Å². The molecule has 1 heterocycles. The van der Waals surface area contributed by atoms with Crippen LogP contribution >= 0.6 is 0 Å². The molecule has 33 heavy (non-hydrogen) atoms. The predicted octanol–water partition coefficient (Wildman–Crippen LogP) is 3.11. The first-order valence-electron chi connectivity index (χ1n) is 10.8. The molecule has 0 fully saturated rings. The van der Waals surface area contributed by atoms with Crippen molar-refractivity contribution in [2.75, 3.05) is 0 Å². The first kappa shape index (κ1) is 22.2. The lowest BCUT2D eigenvalue weighted by atomic mass is 10.1. The molecule has 0 aliphatic heterocycles. The lowest BCUT2D eigenvalue weighted by Crippen LogP contribution is -2.32. The van der Waals surface area contributed by atoms with Gasteiger partial charge in [-0.05, 0) is 28.8 Å². The number of hydrogen-bond acceptors (Lipinski definition) is 4. The van der Waals surface area contributed by atoms with Crippen LogP contribution in [0.1, 0.15) is 23.1 Å². The zero-order chi connectivity index (χ0) is 23.0. The highest BCUT2D eigenvalue weighted by molar-refractivity contribution is 5.80. The Morgan fingerprint density at radius 2 is 1.39 bits per heavy atom. The van der Waals surface area contributed by atoms with Crippen molar-refractivity contribution in [1.29, 1.82) is 0 Å². The Kier molecular flexibility index (Phi) is 7.12. The molecular weight excluding hydrogens is 418 g/mol. The summed E-state index contributed by atoms with van der Waals surface area (Å²) in [7, 11) is 0. The number of aromatic amines is 1. The van der Waals surface area contributed by atoms with Crippen molar-refractivity contribution in [2.24, 2.45) is 0 Å².